The number of carbonyl (C=O) groups is 3. The Labute approximate surface area is 271 Å². The maximum absolute atomic E-state index is 13.3. The second-order valence-electron chi connectivity index (χ2n) is 12.2. The molecule has 0 bridgehead atoms. The van der Waals surface area contributed by atoms with Crippen LogP contribution in [0.1, 0.15) is 54.2 Å². The Bertz CT molecular complexity index is 1810. The van der Waals surface area contributed by atoms with Crippen LogP contribution in [0.2, 0.25) is 0 Å². The summed E-state index contributed by atoms with van der Waals surface area (Å²) in [6.45, 7) is 7.65. The lowest BCUT2D eigenvalue weighted by Gasteiger charge is -2.18. The van der Waals surface area contributed by atoms with Crippen molar-refractivity contribution in [2.75, 3.05) is 0 Å². The van der Waals surface area contributed by atoms with E-state index in [0.29, 0.717) is 16.5 Å². The Morgan fingerprint density at radius 2 is 1.30 bits per heavy atom. The fourth-order valence-corrected chi connectivity index (χ4v) is 5.79. The zero-order valence-corrected chi connectivity index (χ0v) is 26.9. The number of Topliss-reactive ketones (excluding diaryl/α,β-unsaturated/α-hetero) is 1. The first kappa shape index (κ1) is 32.3. The van der Waals surface area contributed by atoms with Gasteiger partial charge in [0.25, 0.3) is 0 Å². The van der Waals surface area contributed by atoms with E-state index in [0.717, 1.165) is 32.7 Å². The number of aromatic nitrogens is 4. The van der Waals surface area contributed by atoms with Gasteiger partial charge in [-0.3, -0.25) is 14.4 Å². The Hall–Kier alpha value is -5.09. The molecule has 0 aliphatic carbocycles. The highest BCUT2D eigenvalue weighted by molar-refractivity contribution is 7.14. The molecule has 10 heteroatoms. The van der Waals surface area contributed by atoms with E-state index in [2.05, 4.69) is 46.0 Å². The molecule has 0 fully saturated rings. The van der Waals surface area contributed by atoms with Crippen molar-refractivity contribution in [2.45, 2.75) is 52.0 Å². The standard InChI is InChI=1S/C36H35N5O4S/c1-22(35(44)45)41-34(43)26(17-29(42)30-14-15-31(46-30)36(2,3)4)16-23-10-12-25(13-11-23)33-39-20-28(21-40-33)27-18-37-32(38-19-27)24-8-6-5-7-9-24/h5-15,18-22,26H,16-17H2,1-4H3,(H,41,43)(H,44,45)/t22-,26-/m1/s1. The largest absolute Gasteiger partial charge is 0.480 e. The zero-order valence-electron chi connectivity index (χ0n) is 26.1. The minimum Gasteiger partial charge on any atom is -0.480 e. The van der Waals surface area contributed by atoms with Gasteiger partial charge in [0, 0.05) is 64.3 Å². The number of carboxylic acids is 1. The van der Waals surface area contributed by atoms with Gasteiger partial charge in [-0.05, 0) is 36.5 Å². The maximum Gasteiger partial charge on any atom is 0.325 e. The molecule has 0 saturated heterocycles. The first-order valence-electron chi connectivity index (χ1n) is 14.9. The summed E-state index contributed by atoms with van der Waals surface area (Å²) in [6, 6.07) is 19.9. The van der Waals surface area contributed by atoms with E-state index in [-0.39, 0.29) is 24.0 Å². The third-order valence-electron chi connectivity index (χ3n) is 7.52. The minimum atomic E-state index is -1.14. The number of carbonyl (C=O) groups excluding carboxylic acids is 2. The van der Waals surface area contributed by atoms with Crippen LogP contribution in [0.15, 0.2) is 91.5 Å². The van der Waals surface area contributed by atoms with Crippen LogP contribution in [0.3, 0.4) is 0 Å². The Morgan fingerprint density at radius 1 is 0.761 bits per heavy atom. The molecule has 2 atom stereocenters. The van der Waals surface area contributed by atoms with Gasteiger partial charge in [0.1, 0.15) is 6.04 Å². The lowest BCUT2D eigenvalue weighted by atomic mass is 9.92. The Morgan fingerprint density at radius 3 is 1.80 bits per heavy atom. The van der Waals surface area contributed by atoms with E-state index in [9.17, 15) is 19.5 Å². The summed E-state index contributed by atoms with van der Waals surface area (Å²) in [4.78, 5) is 57.5. The summed E-state index contributed by atoms with van der Waals surface area (Å²) in [7, 11) is 0. The van der Waals surface area contributed by atoms with Crippen LogP contribution in [0.4, 0.5) is 0 Å². The van der Waals surface area contributed by atoms with Crippen molar-refractivity contribution in [1.82, 2.24) is 25.3 Å². The van der Waals surface area contributed by atoms with Gasteiger partial charge in [0.2, 0.25) is 5.91 Å². The van der Waals surface area contributed by atoms with Crippen LogP contribution in [-0.4, -0.2) is 48.7 Å². The highest BCUT2D eigenvalue weighted by Crippen LogP contribution is 2.31. The summed E-state index contributed by atoms with van der Waals surface area (Å²) in [5, 5.41) is 11.9. The predicted octanol–water partition coefficient (Wildman–Crippen LogP) is 6.65. The summed E-state index contributed by atoms with van der Waals surface area (Å²) >= 11 is 1.43. The van der Waals surface area contributed by atoms with Gasteiger partial charge in [0.05, 0.1) is 4.88 Å². The van der Waals surface area contributed by atoms with Crippen molar-refractivity contribution in [2.24, 2.45) is 5.92 Å². The molecule has 0 spiro atoms. The van der Waals surface area contributed by atoms with Crippen molar-refractivity contribution >= 4 is 29.0 Å². The minimum absolute atomic E-state index is 0.0371. The molecule has 3 aromatic heterocycles. The third-order valence-corrected chi connectivity index (χ3v) is 9.07. The summed E-state index contributed by atoms with van der Waals surface area (Å²) in [5.74, 6) is -1.33. The average molecular weight is 634 g/mol. The highest BCUT2D eigenvalue weighted by atomic mass is 32.1. The molecule has 5 rings (SSSR count). The quantitative estimate of drug-likeness (QED) is 0.154. The normalized spacial score (nSPS) is 12.7. The van der Waals surface area contributed by atoms with Gasteiger partial charge in [-0.2, -0.15) is 0 Å². The van der Waals surface area contributed by atoms with Crippen molar-refractivity contribution < 1.29 is 19.5 Å². The third kappa shape index (κ3) is 7.94. The molecular formula is C36H35N5O4S. The molecule has 9 nitrogen and oxygen atoms in total. The fraction of sp³-hybridized carbons (Fsp3) is 0.250. The molecule has 2 aromatic carbocycles. The highest BCUT2D eigenvalue weighted by Gasteiger charge is 2.27. The monoisotopic (exact) mass is 633 g/mol. The molecule has 1 amide bonds. The van der Waals surface area contributed by atoms with Crippen LogP contribution >= 0.6 is 11.3 Å². The number of rotatable bonds is 11. The van der Waals surface area contributed by atoms with Crippen molar-refractivity contribution in [3.8, 4) is 33.9 Å². The van der Waals surface area contributed by atoms with Gasteiger partial charge in [-0.1, -0.05) is 75.4 Å². The maximum atomic E-state index is 13.3. The summed E-state index contributed by atoms with van der Waals surface area (Å²) < 4.78 is 0. The number of ketones is 1. The van der Waals surface area contributed by atoms with Crippen molar-refractivity contribution in [1.29, 1.82) is 0 Å². The zero-order chi connectivity index (χ0) is 32.8. The van der Waals surface area contributed by atoms with Gasteiger partial charge in [-0.15, -0.1) is 11.3 Å². The summed E-state index contributed by atoms with van der Waals surface area (Å²) in [5.41, 5.74) is 4.05. The number of benzene rings is 2. The van der Waals surface area contributed by atoms with Crippen LogP contribution in [0, 0.1) is 5.92 Å². The molecule has 0 unspecified atom stereocenters. The second kappa shape index (κ2) is 13.9. The van der Waals surface area contributed by atoms with Crippen molar-refractivity contribution in [3.63, 3.8) is 0 Å². The number of carboxylic acid groups (broad SMARTS) is 1. The van der Waals surface area contributed by atoms with Crippen LogP contribution in [0.25, 0.3) is 33.9 Å². The number of thiophene rings is 1. The molecule has 2 N–H and O–H groups in total. The molecule has 5 aromatic rings. The predicted molar refractivity (Wildman–Crippen MR) is 178 cm³/mol. The molecular weight excluding hydrogens is 598 g/mol. The Kier molecular flexibility index (Phi) is 9.77. The topological polar surface area (TPSA) is 135 Å². The van der Waals surface area contributed by atoms with E-state index in [1.807, 2.05) is 60.7 Å². The first-order chi connectivity index (χ1) is 22.0. The molecule has 234 valence electrons. The number of hydrogen-bond acceptors (Lipinski definition) is 8. The lowest BCUT2D eigenvalue weighted by Crippen LogP contribution is -2.42. The number of aliphatic carboxylic acids is 1. The molecule has 0 saturated carbocycles. The molecule has 3 heterocycles. The fourth-order valence-electron chi connectivity index (χ4n) is 4.78. The smallest absolute Gasteiger partial charge is 0.325 e. The average Bonchev–Trinajstić information content (AvgIpc) is 3.57. The molecule has 0 aliphatic heterocycles. The number of amides is 1. The number of hydrogen-bond donors (Lipinski definition) is 2. The Balaban J connectivity index is 1.28. The van der Waals surface area contributed by atoms with Gasteiger partial charge >= 0.3 is 5.97 Å². The SMILES string of the molecule is C[C@@H](NC(=O)[C@@H](CC(=O)c1ccc(C(C)(C)C)s1)Cc1ccc(-c2ncc(-c3cnc(-c4ccccc4)nc3)cn2)cc1)C(=O)O. The first-order valence-corrected chi connectivity index (χ1v) is 15.8. The van der Waals surface area contributed by atoms with Crippen LogP contribution in [-0.2, 0) is 21.4 Å². The summed E-state index contributed by atoms with van der Waals surface area (Å²) in [6.07, 6.45) is 7.17. The van der Waals surface area contributed by atoms with Gasteiger partial charge < -0.3 is 10.4 Å². The van der Waals surface area contributed by atoms with Crippen LogP contribution < -0.4 is 5.32 Å². The molecule has 46 heavy (non-hydrogen) atoms. The van der Waals surface area contributed by atoms with E-state index in [1.54, 1.807) is 30.9 Å². The number of nitrogens with one attached hydrogen (secondary N) is 1. The van der Waals surface area contributed by atoms with Gasteiger partial charge in [-0.25, -0.2) is 19.9 Å². The van der Waals surface area contributed by atoms with Gasteiger partial charge in [0.15, 0.2) is 17.4 Å². The molecule has 0 radical (unpaired) electrons. The van der Waals surface area contributed by atoms with E-state index < -0.39 is 23.8 Å². The van der Waals surface area contributed by atoms with E-state index in [4.69, 9.17) is 0 Å². The lowest BCUT2D eigenvalue weighted by molar-refractivity contribution is -0.141. The second-order valence-corrected chi connectivity index (χ2v) is 13.2. The van der Waals surface area contributed by atoms with E-state index >= 15 is 0 Å². The van der Waals surface area contributed by atoms with E-state index in [1.165, 1.54) is 18.3 Å². The number of nitrogens with zero attached hydrogens (tertiary/aromatic N) is 4. The molecule has 0 aliphatic rings. The van der Waals surface area contributed by atoms with Crippen LogP contribution in [0.5, 0.6) is 0 Å². The van der Waals surface area contributed by atoms with Crippen molar-refractivity contribution in [3.05, 3.63) is 107 Å².